The van der Waals surface area contributed by atoms with Crippen LogP contribution in [0.4, 0.5) is 5.69 Å². The standard InChI is InChI=1S/C21H25N3/c1-15-8-4-5-9-17(15)24-14-16-19-18(10-13-22(19)2)23(3)20(16)21(24)11-6-7-12-21/h4-5,8-10,13H,6-7,11-12,14H2,1-3H3. The van der Waals surface area contributed by atoms with E-state index in [1.807, 2.05) is 0 Å². The SMILES string of the molecule is Cc1ccccc1N1Cc2c(n(C)c3ccn(C)c23)C12CCCC2. The zero-order chi connectivity index (χ0) is 16.5. The lowest BCUT2D eigenvalue weighted by molar-refractivity contribution is 0.416. The van der Waals surface area contributed by atoms with Crippen LogP contribution in [0.5, 0.6) is 0 Å². The molecule has 5 rings (SSSR count). The average molecular weight is 319 g/mol. The fourth-order valence-corrected chi connectivity index (χ4v) is 5.42. The molecule has 1 saturated carbocycles. The molecular formula is C21H25N3. The van der Waals surface area contributed by atoms with Crippen LogP contribution >= 0.6 is 0 Å². The third-order valence-electron chi connectivity index (χ3n) is 6.43. The van der Waals surface area contributed by atoms with Gasteiger partial charge in [0.15, 0.2) is 0 Å². The Bertz CT molecular complexity index is 938. The second-order valence-corrected chi connectivity index (χ2v) is 7.66. The maximum atomic E-state index is 2.71. The summed E-state index contributed by atoms with van der Waals surface area (Å²) < 4.78 is 4.78. The van der Waals surface area contributed by atoms with Crippen molar-refractivity contribution in [2.24, 2.45) is 14.1 Å². The number of rotatable bonds is 1. The van der Waals surface area contributed by atoms with Crippen molar-refractivity contribution in [1.82, 2.24) is 9.13 Å². The van der Waals surface area contributed by atoms with Gasteiger partial charge in [-0.25, -0.2) is 0 Å². The van der Waals surface area contributed by atoms with Crippen LogP contribution in [-0.4, -0.2) is 9.13 Å². The first-order valence-electron chi connectivity index (χ1n) is 9.10. The van der Waals surface area contributed by atoms with Gasteiger partial charge in [-0.1, -0.05) is 31.0 Å². The van der Waals surface area contributed by atoms with E-state index in [-0.39, 0.29) is 5.54 Å². The number of hydrogen-bond donors (Lipinski definition) is 0. The highest BCUT2D eigenvalue weighted by Crippen LogP contribution is 2.54. The first-order chi connectivity index (χ1) is 11.6. The van der Waals surface area contributed by atoms with Gasteiger partial charge in [0.1, 0.15) is 0 Å². The number of aryl methyl sites for hydroxylation is 3. The molecule has 0 saturated heterocycles. The molecule has 0 unspecified atom stereocenters. The normalized spacial score (nSPS) is 18.9. The Morgan fingerprint density at radius 2 is 1.75 bits per heavy atom. The highest BCUT2D eigenvalue weighted by molar-refractivity contribution is 5.86. The molecule has 24 heavy (non-hydrogen) atoms. The van der Waals surface area contributed by atoms with Crippen LogP contribution in [0.25, 0.3) is 11.0 Å². The summed E-state index contributed by atoms with van der Waals surface area (Å²) in [6.07, 6.45) is 7.42. The summed E-state index contributed by atoms with van der Waals surface area (Å²) in [7, 11) is 4.45. The maximum absolute atomic E-state index is 2.71. The molecule has 0 radical (unpaired) electrons. The predicted molar refractivity (Wildman–Crippen MR) is 99.4 cm³/mol. The summed E-state index contributed by atoms with van der Waals surface area (Å²) in [6.45, 7) is 3.29. The second kappa shape index (κ2) is 4.69. The van der Waals surface area contributed by atoms with Crippen molar-refractivity contribution < 1.29 is 0 Å². The monoisotopic (exact) mass is 319 g/mol. The van der Waals surface area contributed by atoms with Crippen molar-refractivity contribution in [2.45, 2.75) is 44.7 Å². The number of aromatic nitrogens is 2. The van der Waals surface area contributed by atoms with Crippen LogP contribution in [0.2, 0.25) is 0 Å². The molecular weight excluding hydrogens is 294 g/mol. The first kappa shape index (κ1) is 14.2. The van der Waals surface area contributed by atoms with Gasteiger partial charge in [0, 0.05) is 38.1 Å². The molecule has 3 heterocycles. The van der Waals surface area contributed by atoms with E-state index in [1.165, 1.54) is 48.0 Å². The Labute approximate surface area is 143 Å². The average Bonchev–Trinajstić information content (AvgIpc) is 3.30. The van der Waals surface area contributed by atoms with Crippen molar-refractivity contribution >= 4 is 16.7 Å². The van der Waals surface area contributed by atoms with Gasteiger partial charge in [0.2, 0.25) is 0 Å². The lowest BCUT2D eigenvalue weighted by atomic mass is 9.92. The minimum atomic E-state index is 0.190. The van der Waals surface area contributed by atoms with Crippen molar-refractivity contribution in [3.05, 3.63) is 53.3 Å². The molecule has 0 bridgehead atoms. The summed E-state index contributed by atoms with van der Waals surface area (Å²) in [5.74, 6) is 0. The lowest BCUT2D eigenvalue weighted by Gasteiger charge is -2.39. The minimum absolute atomic E-state index is 0.190. The van der Waals surface area contributed by atoms with Gasteiger partial charge < -0.3 is 14.0 Å². The van der Waals surface area contributed by atoms with Gasteiger partial charge >= 0.3 is 0 Å². The van der Waals surface area contributed by atoms with Crippen molar-refractivity contribution in [3.63, 3.8) is 0 Å². The van der Waals surface area contributed by atoms with Gasteiger partial charge in [-0.15, -0.1) is 0 Å². The molecule has 3 heteroatoms. The summed E-state index contributed by atoms with van der Waals surface area (Å²) in [5, 5.41) is 0. The van der Waals surface area contributed by atoms with Gasteiger partial charge in [0.05, 0.1) is 22.3 Å². The Morgan fingerprint density at radius 3 is 2.50 bits per heavy atom. The fourth-order valence-electron chi connectivity index (χ4n) is 5.42. The third-order valence-corrected chi connectivity index (χ3v) is 6.43. The Hall–Kier alpha value is -2.16. The molecule has 3 aromatic rings. The Morgan fingerprint density at radius 1 is 1.00 bits per heavy atom. The molecule has 2 aliphatic rings. The Balaban J connectivity index is 1.79. The summed E-state index contributed by atoms with van der Waals surface area (Å²) in [4.78, 5) is 2.71. The van der Waals surface area contributed by atoms with Gasteiger partial charge in [-0.2, -0.15) is 0 Å². The molecule has 1 aliphatic heterocycles. The van der Waals surface area contributed by atoms with E-state index in [9.17, 15) is 0 Å². The van der Waals surface area contributed by atoms with Crippen LogP contribution in [-0.2, 0) is 26.2 Å². The van der Waals surface area contributed by atoms with E-state index in [4.69, 9.17) is 0 Å². The molecule has 0 atom stereocenters. The number of anilines is 1. The number of benzene rings is 1. The van der Waals surface area contributed by atoms with E-state index >= 15 is 0 Å². The van der Waals surface area contributed by atoms with E-state index in [2.05, 4.69) is 71.6 Å². The second-order valence-electron chi connectivity index (χ2n) is 7.66. The van der Waals surface area contributed by atoms with Crippen LogP contribution in [0.15, 0.2) is 36.5 Å². The Kier molecular flexibility index (Phi) is 2.77. The third kappa shape index (κ3) is 1.58. The maximum Gasteiger partial charge on any atom is 0.0812 e. The number of nitrogens with zero attached hydrogens (tertiary/aromatic N) is 3. The molecule has 1 fully saturated rings. The minimum Gasteiger partial charge on any atom is -0.356 e. The van der Waals surface area contributed by atoms with Gasteiger partial charge in [0.25, 0.3) is 0 Å². The van der Waals surface area contributed by atoms with Crippen molar-refractivity contribution in [3.8, 4) is 0 Å². The molecule has 3 nitrogen and oxygen atoms in total. The zero-order valence-corrected chi connectivity index (χ0v) is 14.8. The summed E-state index contributed by atoms with van der Waals surface area (Å²) in [6, 6.07) is 11.2. The molecule has 1 aliphatic carbocycles. The van der Waals surface area contributed by atoms with Gasteiger partial charge in [-0.05, 0) is 37.5 Å². The molecule has 124 valence electrons. The topological polar surface area (TPSA) is 13.1 Å². The van der Waals surface area contributed by atoms with E-state index in [0.29, 0.717) is 0 Å². The lowest BCUT2D eigenvalue weighted by Crippen LogP contribution is -2.40. The van der Waals surface area contributed by atoms with Crippen LogP contribution < -0.4 is 4.90 Å². The highest BCUT2D eigenvalue weighted by Gasteiger charge is 2.50. The van der Waals surface area contributed by atoms with E-state index in [1.54, 1.807) is 11.3 Å². The highest BCUT2D eigenvalue weighted by atomic mass is 15.3. The van der Waals surface area contributed by atoms with Crippen LogP contribution in [0.3, 0.4) is 0 Å². The van der Waals surface area contributed by atoms with Gasteiger partial charge in [-0.3, -0.25) is 0 Å². The first-order valence-corrected chi connectivity index (χ1v) is 9.10. The predicted octanol–water partition coefficient (Wildman–Crippen LogP) is 4.61. The number of hydrogen-bond acceptors (Lipinski definition) is 1. The largest absolute Gasteiger partial charge is 0.356 e. The van der Waals surface area contributed by atoms with E-state index < -0.39 is 0 Å². The van der Waals surface area contributed by atoms with Crippen LogP contribution in [0.1, 0.15) is 42.5 Å². The molecule has 0 N–H and O–H groups in total. The van der Waals surface area contributed by atoms with Crippen molar-refractivity contribution in [1.29, 1.82) is 0 Å². The summed E-state index contributed by atoms with van der Waals surface area (Å²) >= 11 is 0. The van der Waals surface area contributed by atoms with Crippen LogP contribution in [0, 0.1) is 6.92 Å². The fraction of sp³-hybridized carbons (Fsp3) is 0.429. The summed E-state index contributed by atoms with van der Waals surface area (Å²) in [5.41, 5.74) is 8.93. The molecule has 0 amide bonds. The van der Waals surface area contributed by atoms with E-state index in [0.717, 1.165) is 6.54 Å². The van der Waals surface area contributed by atoms with Crippen molar-refractivity contribution in [2.75, 3.05) is 4.90 Å². The molecule has 1 spiro atoms. The quantitative estimate of drug-likeness (QED) is 0.638. The smallest absolute Gasteiger partial charge is 0.0812 e. The number of para-hydroxylation sites is 1. The zero-order valence-electron chi connectivity index (χ0n) is 14.8. The number of fused-ring (bicyclic) bond motifs is 4. The molecule has 1 aromatic carbocycles. The molecule has 2 aromatic heterocycles.